The van der Waals surface area contributed by atoms with Crippen LogP contribution in [0.1, 0.15) is 82.9 Å². The molecule has 1 saturated heterocycles. The summed E-state index contributed by atoms with van der Waals surface area (Å²) in [5.41, 5.74) is 4.37. The Balaban J connectivity index is 1.69. The fraction of sp³-hybridized carbons (Fsp3) is 0.727. The first-order chi connectivity index (χ1) is 11.5. The van der Waals surface area contributed by atoms with E-state index < -0.39 is 0 Å². The molecular formula is C22H33NO. The van der Waals surface area contributed by atoms with Gasteiger partial charge in [0.15, 0.2) is 0 Å². The molecule has 0 spiro atoms. The number of anilines is 1. The maximum absolute atomic E-state index is 6.36. The van der Waals surface area contributed by atoms with E-state index in [4.69, 9.17) is 4.74 Å². The topological polar surface area (TPSA) is 21.3 Å². The van der Waals surface area contributed by atoms with Gasteiger partial charge >= 0.3 is 0 Å². The standard InChI is InChI=1S/C22H33NO/c1-22(2,3)16-11-12-19-18(14-16)21-17(10-7-13-24-21)20(23-19)15-8-5-4-6-9-15/h11-12,14-15,17,20-21,23H,4-10,13H2,1-3H3. The quantitative estimate of drug-likeness (QED) is 0.701. The molecule has 2 heteroatoms. The zero-order chi connectivity index (χ0) is 16.7. The third-order valence-corrected chi connectivity index (χ3v) is 6.53. The van der Waals surface area contributed by atoms with Crippen LogP contribution in [0, 0.1) is 11.8 Å². The van der Waals surface area contributed by atoms with Crippen LogP contribution in [0.25, 0.3) is 0 Å². The zero-order valence-corrected chi connectivity index (χ0v) is 15.6. The lowest BCUT2D eigenvalue weighted by atomic mass is 9.70. The van der Waals surface area contributed by atoms with E-state index in [0.717, 1.165) is 12.5 Å². The number of fused-ring (bicyclic) bond motifs is 3. The van der Waals surface area contributed by atoms with Gasteiger partial charge in [-0.05, 0) is 48.6 Å². The van der Waals surface area contributed by atoms with Crippen molar-refractivity contribution in [2.75, 3.05) is 11.9 Å². The SMILES string of the molecule is CC(C)(C)c1ccc2c(c1)C1OCCCC1C(C1CCCCC1)N2. The van der Waals surface area contributed by atoms with Crippen LogP contribution in [-0.2, 0) is 10.2 Å². The number of nitrogens with one attached hydrogen (secondary N) is 1. The van der Waals surface area contributed by atoms with Gasteiger partial charge in [-0.15, -0.1) is 0 Å². The highest BCUT2D eigenvalue weighted by Crippen LogP contribution is 2.48. The van der Waals surface area contributed by atoms with Crippen LogP contribution in [0.15, 0.2) is 18.2 Å². The first-order valence-corrected chi connectivity index (χ1v) is 10.1. The summed E-state index contributed by atoms with van der Waals surface area (Å²) in [6.45, 7) is 7.83. The van der Waals surface area contributed by atoms with Crippen LogP contribution in [0.2, 0.25) is 0 Å². The molecule has 3 aliphatic rings. The maximum atomic E-state index is 6.36. The van der Waals surface area contributed by atoms with Crippen LogP contribution < -0.4 is 5.32 Å². The fourth-order valence-electron chi connectivity index (χ4n) is 5.14. The van der Waals surface area contributed by atoms with Crippen LogP contribution >= 0.6 is 0 Å². The molecule has 3 atom stereocenters. The summed E-state index contributed by atoms with van der Waals surface area (Å²) < 4.78 is 6.36. The molecule has 2 heterocycles. The Kier molecular flexibility index (Phi) is 4.36. The van der Waals surface area contributed by atoms with Gasteiger partial charge in [0.05, 0.1) is 6.10 Å². The normalized spacial score (nSPS) is 31.0. The highest BCUT2D eigenvalue weighted by atomic mass is 16.5. The second kappa shape index (κ2) is 6.37. The molecule has 0 radical (unpaired) electrons. The number of hydrogen-bond donors (Lipinski definition) is 1. The predicted octanol–water partition coefficient (Wildman–Crippen LogP) is 5.83. The van der Waals surface area contributed by atoms with Crippen molar-refractivity contribution in [2.24, 2.45) is 11.8 Å². The fourth-order valence-corrected chi connectivity index (χ4v) is 5.14. The molecule has 1 aromatic carbocycles. The molecule has 2 aliphatic heterocycles. The molecule has 132 valence electrons. The smallest absolute Gasteiger partial charge is 0.0892 e. The van der Waals surface area contributed by atoms with Gasteiger partial charge in [-0.1, -0.05) is 52.2 Å². The van der Waals surface area contributed by atoms with Gasteiger partial charge in [0.2, 0.25) is 0 Å². The molecule has 1 aromatic rings. The van der Waals surface area contributed by atoms with Gasteiger partial charge in [-0.2, -0.15) is 0 Å². The van der Waals surface area contributed by atoms with Crippen molar-refractivity contribution in [2.45, 2.75) is 83.3 Å². The van der Waals surface area contributed by atoms with E-state index in [2.05, 4.69) is 44.3 Å². The Morgan fingerprint density at radius 3 is 2.54 bits per heavy atom. The van der Waals surface area contributed by atoms with Crippen molar-refractivity contribution in [3.63, 3.8) is 0 Å². The van der Waals surface area contributed by atoms with Gasteiger partial charge < -0.3 is 10.1 Å². The lowest BCUT2D eigenvalue weighted by Crippen LogP contribution is -2.46. The Morgan fingerprint density at radius 1 is 1.00 bits per heavy atom. The third-order valence-electron chi connectivity index (χ3n) is 6.53. The van der Waals surface area contributed by atoms with Crippen molar-refractivity contribution >= 4 is 5.69 Å². The molecule has 2 nitrogen and oxygen atoms in total. The van der Waals surface area contributed by atoms with Gasteiger partial charge in [-0.3, -0.25) is 0 Å². The molecule has 24 heavy (non-hydrogen) atoms. The van der Waals surface area contributed by atoms with Gasteiger partial charge in [0, 0.05) is 29.8 Å². The molecule has 3 unspecified atom stereocenters. The molecule has 0 bridgehead atoms. The summed E-state index contributed by atoms with van der Waals surface area (Å²) >= 11 is 0. The average Bonchev–Trinajstić information content (AvgIpc) is 2.60. The second-order valence-electron chi connectivity index (χ2n) is 9.22. The minimum absolute atomic E-state index is 0.194. The monoisotopic (exact) mass is 327 g/mol. The molecule has 0 aromatic heterocycles. The van der Waals surface area contributed by atoms with E-state index in [9.17, 15) is 0 Å². The van der Waals surface area contributed by atoms with Crippen molar-refractivity contribution < 1.29 is 4.74 Å². The number of benzene rings is 1. The lowest BCUT2D eigenvalue weighted by Gasteiger charge is -2.47. The molecule has 4 rings (SSSR count). The first-order valence-electron chi connectivity index (χ1n) is 10.1. The Morgan fingerprint density at radius 2 is 1.79 bits per heavy atom. The summed E-state index contributed by atoms with van der Waals surface area (Å²) in [6.07, 6.45) is 9.90. The van der Waals surface area contributed by atoms with Crippen LogP contribution in [0.3, 0.4) is 0 Å². The Labute approximate surface area is 147 Å². The summed E-state index contributed by atoms with van der Waals surface area (Å²) in [6, 6.07) is 7.67. The second-order valence-corrected chi connectivity index (χ2v) is 9.22. The van der Waals surface area contributed by atoms with E-state index in [1.165, 1.54) is 61.8 Å². The Hall–Kier alpha value is -1.02. The van der Waals surface area contributed by atoms with E-state index in [0.29, 0.717) is 18.1 Å². The lowest BCUT2D eigenvalue weighted by molar-refractivity contribution is -0.0458. The van der Waals surface area contributed by atoms with Crippen molar-refractivity contribution in [3.05, 3.63) is 29.3 Å². The molecular weight excluding hydrogens is 294 g/mol. The van der Waals surface area contributed by atoms with E-state index >= 15 is 0 Å². The summed E-state index contributed by atoms with van der Waals surface area (Å²) in [5.74, 6) is 1.49. The number of hydrogen-bond acceptors (Lipinski definition) is 2. The summed E-state index contributed by atoms with van der Waals surface area (Å²) in [4.78, 5) is 0. The van der Waals surface area contributed by atoms with Gasteiger partial charge in [0.25, 0.3) is 0 Å². The van der Waals surface area contributed by atoms with Crippen molar-refractivity contribution in [1.82, 2.24) is 0 Å². The zero-order valence-electron chi connectivity index (χ0n) is 15.6. The summed E-state index contributed by atoms with van der Waals surface area (Å²) in [5, 5.41) is 3.96. The highest BCUT2D eigenvalue weighted by Gasteiger charge is 2.42. The minimum atomic E-state index is 0.194. The van der Waals surface area contributed by atoms with Crippen LogP contribution in [-0.4, -0.2) is 12.6 Å². The third kappa shape index (κ3) is 2.98. The molecule has 2 fully saturated rings. The maximum Gasteiger partial charge on any atom is 0.0892 e. The molecule has 1 N–H and O–H groups in total. The largest absolute Gasteiger partial charge is 0.381 e. The van der Waals surface area contributed by atoms with Crippen LogP contribution in [0.4, 0.5) is 5.69 Å². The first kappa shape index (κ1) is 16.4. The Bertz CT molecular complexity index is 582. The van der Waals surface area contributed by atoms with E-state index in [1.54, 1.807) is 0 Å². The summed E-state index contributed by atoms with van der Waals surface area (Å²) in [7, 11) is 0. The molecule has 0 amide bonds. The van der Waals surface area contributed by atoms with E-state index in [-0.39, 0.29) is 5.41 Å². The van der Waals surface area contributed by atoms with Gasteiger partial charge in [0.1, 0.15) is 0 Å². The average molecular weight is 328 g/mol. The number of ether oxygens (including phenoxy) is 1. The molecule has 1 saturated carbocycles. The van der Waals surface area contributed by atoms with Crippen molar-refractivity contribution in [3.8, 4) is 0 Å². The van der Waals surface area contributed by atoms with E-state index in [1.807, 2.05) is 0 Å². The predicted molar refractivity (Wildman–Crippen MR) is 101 cm³/mol. The van der Waals surface area contributed by atoms with Crippen LogP contribution in [0.5, 0.6) is 0 Å². The number of rotatable bonds is 1. The van der Waals surface area contributed by atoms with Crippen molar-refractivity contribution in [1.29, 1.82) is 0 Å². The van der Waals surface area contributed by atoms with Gasteiger partial charge in [-0.25, -0.2) is 0 Å². The highest BCUT2D eigenvalue weighted by molar-refractivity contribution is 5.58. The minimum Gasteiger partial charge on any atom is -0.381 e. The molecule has 1 aliphatic carbocycles.